The van der Waals surface area contributed by atoms with Crippen molar-refractivity contribution >= 4 is 11.7 Å². The molecule has 23 heavy (non-hydrogen) atoms. The van der Waals surface area contributed by atoms with Crippen LogP contribution in [0.25, 0.3) is 0 Å². The van der Waals surface area contributed by atoms with Gasteiger partial charge in [0.2, 0.25) is 0 Å². The van der Waals surface area contributed by atoms with E-state index in [-0.39, 0.29) is 11.7 Å². The van der Waals surface area contributed by atoms with Crippen molar-refractivity contribution in [3.63, 3.8) is 0 Å². The van der Waals surface area contributed by atoms with Gasteiger partial charge in [0.25, 0.3) is 5.91 Å². The number of rotatable bonds is 6. The number of carbonyl (C=O) groups is 1. The second kappa shape index (κ2) is 7.98. The Balaban J connectivity index is 1.99. The monoisotopic (exact) mass is 311 g/mol. The van der Waals surface area contributed by atoms with Crippen LogP contribution in [0.2, 0.25) is 0 Å². The molecule has 0 bridgehead atoms. The number of benzene rings is 2. The number of nitrogens with one attached hydrogen (secondary N) is 1. The zero-order chi connectivity index (χ0) is 16.7. The minimum Gasteiger partial charge on any atom is -0.409 e. The Morgan fingerprint density at radius 2 is 1.78 bits per heavy atom. The van der Waals surface area contributed by atoms with E-state index >= 15 is 0 Å². The van der Waals surface area contributed by atoms with Crippen molar-refractivity contribution in [2.75, 3.05) is 0 Å². The quantitative estimate of drug-likeness (QED) is 0.332. The van der Waals surface area contributed by atoms with Crippen molar-refractivity contribution in [2.45, 2.75) is 26.3 Å². The molecule has 120 valence electrons. The Bertz CT molecular complexity index is 694. The third kappa shape index (κ3) is 4.57. The van der Waals surface area contributed by atoms with Gasteiger partial charge in [0, 0.05) is 17.7 Å². The van der Waals surface area contributed by atoms with E-state index in [0.29, 0.717) is 17.7 Å². The van der Waals surface area contributed by atoms with Crippen LogP contribution in [-0.2, 0) is 13.0 Å². The molecule has 0 spiro atoms. The summed E-state index contributed by atoms with van der Waals surface area (Å²) in [7, 11) is 0. The summed E-state index contributed by atoms with van der Waals surface area (Å²) in [5.74, 6) is -0.221. The van der Waals surface area contributed by atoms with E-state index in [0.717, 1.165) is 18.4 Å². The van der Waals surface area contributed by atoms with Crippen LogP contribution in [0.5, 0.6) is 0 Å². The van der Waals surface area contributed by atoms with Gasteiger partial charge in [-0.15, -0.1) is 0 Å². The first-order chi connectivity index (χ1) is 11.1. The number of nitrogens with zero attached hydrogens (tertiary/aromatic N) is 1. The van der Waals surface area contributed by atoms with Gasteiger partial charge in [-0.25, -0.2) is 0 Å². The van der Waals surface area contributed by atoms with Crippen LogP contribution in [0.3, 0.4) is 0 Å². The number of aryl methyl sites for hydroxylation is 1. The van der Waals surface area contributed by atoms with Gasteiger partial charge in [0.1, 0.15) is 0 Å². The zero-order valence-electron chi connectivity index (χ0n) is 13.1. The van der Waals surface area contributed by atoms with Crippen molar-refractivity contribution in [2.24, 2.45) is 10.9 Å². The van der Waals surface area contributed by atoms with E-state index in [1.165, 1.54) is 5.56 Å². The molecule has 5 heteroatoms. The Kier molecular flexibility index (Phi) is 5.74. The Hall–Kier alpha value is -2.82. The smallest absolute Gasteiger partial charge is 0.251 e. The number of amides is 1. The molecule has 0 aliphatic rings. The molecule has 0 aromatic heterocycles. The summed E-state index contributed by atoms with van der Waals surface area (Å²) in [6.07, 6.45) is 2.18. The first-order valence-corrected chi connectivity index (χ1v) is 7.58. The molecular weight excluding hydrogens is 290 g/mol. The summed E-state index contributed by atoms with van der Waals surface area (Å²) in [5, 5.41) is 14.5. The summed E-state index contributed by atoms with van der Waals surface area (Å²) < 4.78 is 0. The third-order valence-corrected chi connectivity index (χ3v) is 3.54. The van der Waals surface area contributed by atoms with Gasteiger partial charge in [-0.1, -0.05) is 54.9 Å². The van der Waals surface area contributed by atoms with Crippen LogP contribution in [0.1, 0.15) is 40.4 Å². The second-order valence-electron chi connectivity index (χ2n) is 5.32. The Labute approximate surface area is 135 Å². The number of amidine groups is 1. The molecule has 2 rings (SSSR count). The van der Waals surface area contributed by atoms with Crippen molar-refractivity contribution in [3.8, 4) is 0 Å². The molecule has 0 radical (unpaired) electrons. The molecule has 0 saturated heterocycles. The molecule has 0 heterocycles. The number of hydrogen-bond acceptors (Lipinski definition) is 3. The van der Waals surface area contributed by atoms with Crippen molar-refractivity contribution in [1.82, 2.24) is 5.32 Å². The van der Waals surface area contributed by atoms with Gasteiger partial charge in [-0.05, 0) is 29.7 Å². The van der Waals surface area contributed by atoms with Gasteiger partial charge in [0.05, 0.1) is 0 Å². The largest absolute Gasteiger partial charge is 0.409 e. The first-order valence-electron chi connectivity index (χ1n) is 7.58. The topological polar surface area (TPSA) is 87.7 Å². The minimum atomic E-state index is -0.199. The van der Waals surface area contributed by atoms with Gasteiger partial charge in [-0.2, -0.15) is 0 Å². The predicted octanol–water partition coefficient (Wildman–Crippen LogP) is 2.66. The lowest BCUT2D eigenvalue weighted by atomic mass is 10.1. The molecule has 5 nitrogen and oxygen atoms in total. The van der Waals surface area contributed by atoms with Gasteiger partial charge >= 0.3 is 0 Å². The normalized spacial score (nSPS) is 11.3. The lowest BCUT2D eigenvalue weighted by Crippen LogP contribution is -2.23. The van der Waals surface area contributed by atoms with E-state index in [1.54, 1.807) is 24.3 Å². The zero-order valence-corrected chi connectivity index (χ0v) is 13.1. The van der Waals surface area contributed by atoms with Crippen LogP contribution >= 0.6 is 0 Å². The highest BCUT2D eigenvalue weighted by molar-refractivity contribution is 6.01. The highest BCUT2D eigenvalue weighted by Gasteiger charge is 2.08. The fourth-order valence-corrected chi connectivity index (χ4v) is 2.27. The van der Waals surface area contributed by atoms with Crippen LogP contribution in [0, 0.1) is 0 Å². The first kappa shape index (κ1) is 16.5. The minimum absolute atomic E-state index is 0.0221. The van der Waals surface area contributed by atoms with E-state index in [1.807, 2.05) is 12.1 Å². The van der Waals surface area contributed by atoms with Crippen LogP contribution in [0.4, 0.5) is 0 Å². The average molecular weight is 311 g/mol. The standard InChI is InChI=1S/C18H21N3O2/c1-2-4-13-7-9-14(10-8-13)12-20-18(22)16-6-3-5-15(11-16)17(19)21-23/h3,5-11,23H,2,4,12H2,1H3,(H2,19,21)(H,20,22). The van der Waals surface area contributed by atoms with Crippen LogP contribution in [0.15, 0.2) is 53.7 Å². The molecule has 4 N–H and O–H groups in total. The fourth-order valence-electron chi connectivity index (χ4n) is 2.27. The third-order valence-electron chi connectivity index (χ3n) is 3.54. The van der Waals surface area contributed by atoms with E-state index < -0.39 is 0 Å². The Morgan fingerprint density at radius 1 is 1.13 bits per heavy atom. The molecule has 1 amide bonds. The molecule has 2 aromatic rings. The van der Waals surface area contributed by atoms with Crippen molar-refractivity contribution in [1.29, 1.82) is 0 Å². The SMILES string of the molecule is CCCc1ccc(CNC(=O)c2cccc(/C(N)=N\O)c2)cc1. The lowest BCUT2D eigenvalue weighted by molar-refractivity contribution is 0.0951. The maximum Gasteiger partial charge on any atom is 0.251 e. The fraction of sp³-hybridized carbons (Fsp3) is 0.222. The van der Waals surface area contributed by atoms with E-state index in [4.69, 9.17) is 10.9 Å². The summed E-state index contributed by atoms with van der Waals surface area (Å²) in [5.41, 5.74) is 8.86. The maximum absolute atomic E-state index is 12.2. The molecule has 0 saturated carbocycles. The van der Waals surface area contributed by atoms with Crippen molar-refractivity contribution in [3.05, 3.63) is 70.8 Å². The molecular formula is C18H21N3O2. The summed E-state index contributed by atoms with van der Waals surface area (Å²) in [6.45, 7) is 2.61. The van der Waals surface area contributed by atoms with E-state index in [9.17, 15) is 4.79 Å². The van der Waals surface area contributed by atoms with Gasteiger partial charge in [0.15, 0.2) is 5.84 Å². The number of oxime groups is 1. The number of carbonyl (C=O) groups excluding carboxylic acids is 1. The van der Waals surface area contributed by atoms with Gasteiger partial charge in [-0.3, -0.25) is 4.79 Å². The molecule has 0 aliphatic carbocycles. The summed E-state index contributed by atoms with van der Waals surface area (Å²) in [6, 6.07) is 14.9. The lowest BCUT2D eigenvalue weighted by Gasteiger charge is -2.07. The molecule has 0 fully saturated rings. The van der Waals surface area contributed by atoms with E-state index in [2.05, 4.69) is 29.5 Å². The number of nitrogens with two attached hydrogens (primary N) is 1. The van der Waals surface area contributed by atoms with Crippen LogP contribution in [-0.4, -0.2) is 17.0 Å². The second-order valence-corrected chi connectivity index (χ2v) is 5.32. The highest BCUT2D eigenvalue weighted by atomic mass is 16.4. The summed E-state index contributed by atoms with van der Waals surface area (Å²) >= 11 is 0. The van der Waals surface area contributed by atoms with Gasteiger partial charge < -0.3 is 16.3 Å². The molecule has 0 atom stereocenters. The Morgan fingerprint density at radius 3 is 2.43 bits per heavy atom. The maximum atomic E-state index is 12.2. The molecule has 0 aliphatic heterocycles. The highest BCUT2D eigenvalue weighted by Crippen LogP contribution is 2.08. The summed E-state index contributed by atoms with van der Waals surface area (Å²) in [4.78, 5) is 12.2. The molecule has 2 aromatic carbocycles. The predicted molar refractivity (Wildman–Crippen MR) is 90.6 cm³/mol. The average Bonchev–Trinajstić information content (AvgIpc) is 2.60. The number of hydrogen-bond donors (Lipinski definition) is 3. The molecule has 0 unspecified atom stereocenters. The van der Waals surface area contributed by atoms with Crippen molar-refractivity contribution < 1.29 is 10.0 Å². The van der Waals surface area contributed by atoms with Crippen LogP contribution < -0.4 is 11.1 Å².